The van der Waals surface area contributed by atoms with Gasteiger partial charge >= 0.3 is 0 Å². The lowest BCUT2D eigenvalue weighted by molar-refractivity contribution is 0.416. The van der Waals surface area contributed by atoms with Gasteiger partial charge in [-0.1, -0.05) is 24.3 Å². The van der Waals surface area contributed by atoms with Gasteiger partial charge in [-0.15, -0.1) is 11.3 Å². The number of aryl methyl sites for hydroxylation is 1. The van der Waals surface area contributed by atoms with Gasteiger partial charge in [0.25, 0.3) is 0 Å². The van der Waals surface area contributed by atoms with Crippen LogP contribution in [0.25, 0.3) is 32.1 Å². The van der Waals surface area contributed by atoms with E-state index in [2.05, 4.69) is 60.9 Å². The molecule has 2 heterocycles. The van der Waals surface area contributed by atoms with E-state index < -0.39 is 0 Å². The molecular weight excluding hydrogens is 340 g/mol. The molecule has 2 aromatic carbocycles. The van der Waals surface area contributed by atoms with Gasteiger partial charge < -0.3 is 10.1 Å². The normalized spacial score (nSPS) is 12.6. The van der Waals surface area contributed by atoms with Crippen LogP contribution >= 0.6 is 11.3 Å². The summed E-state index contributed by atoms with van der Waals surface area (Å²) in [7, 11) is 3.72. The third-order valence-corrected chi connectivity index (χ3v) is 5.93. The number of rotatable bonds is 4. The Kier molecular flexibility index (Phi) is 4.39. The number of methoxy groups -OCH3 is 1. The Hall–Kier alpha value is -2.43. The highest BCUT2D eigenvalue weighted by Crippen LogP contribution is 2.42. The van der Waals surface area contributed by atoms with Crippen molar-refractivity contribution in [3.63, 3.8) is 0 Å². The quantitative estimate of drug-likeness (QED) is 0.504. The first-order chi connectivity index (χ1) is 12.6. The molecule has 0 aliphatic carbocycles. The fourth-order valence-corrected chi connectivity index (χ4v) is 4.27. The highest BCUT2D eigenvalue weighted by Gasteiger charge is 2.17. The van der Waals surface area contributed by atoms with Gasteiger partial charge in [-0.2, -0.15) is 0 Å². The van der Waals surface area contributed by atoms with E-state index in [-0.39, 0.29) is 0 Å². The van der Waals surface area contributed by atoms with Gasteiger partial charge in [-0.25, -0.2) is 0 Å². The Morgan fingerprint density at radius 2 is 1.92 bits per heavy atom. The summed E-state index contributed by atoms with van der Waals surface area (Å²) in [5.74, 6) is 0.893. The number of hydrogen-bond acceptors (Lipinski definition) is 4. The second-order valence-electron chi connectivity index (χ2n) is 6.58. The smallest absolute Gasteiger partial charge is 0.127 e. The van der Waals surface area contributed by atoms with Crippen molar-refractivity contribution in [3.8, 4) is 16.9 Å². The van der Waals surface area contributed by atoms with Crippen molar-refractivity contribution >= 4 is 32.3 Å². The molecule has 0 unspecified atom stereocenters. The van der Waals surface area contributed by atoms with Gasteiger partial charge in [0.15, 0.2) is 0 Å². The van der Waals surface area contributed by atoms with E-state index in [0.29, 0.717) is 6.04 Å². The largest absolute Gasteiger partial charge is 0.496 e. The molecule has 26 heavy (non-hydrogen) atoms. The Balaban J connectivity index is 2.04. The van der Waals surface area contributed by atoms with Crippen molar-refractivity contribution in [1.29, 1.82) is 0 Å². The number of fused-ring (bicyclic) bond motifs is 3. The predicted molar refractivity (Wildman–Crippen MR) is 111 cm³/mol. The molecule has 0 aliphatic heterocycles. The number of pyridine rings is 1. The zero-order valence-electron chi connectivity index (χ0n) is 15.5. The van der Waals surface area contributed by atoms with Crippen molar-refractivity contribution in [2.75, 3.05) is 14.2 Å². The maximum Gasteiger partial charge on any atom is 0.127 e. The number of nitrogens with zero attached hydrogens (tertiary/aromatic N) is 1. The Morgan fingerprint density at radius 1 is 1.15 bits per heavy atom. The number of nitrogens with one attached hydrogen (secondary N) is 1. The molecule has 1 N–H and O–H groups in total. The van der Waals surface area contributed by atoms with Gasteiger partial charge in [0, 0.05) is 28.6 Å². The molecule has 0 bridgehead atoms. The summed E-state index contributed by atoms with van der Waals surface area (Å²) in [4.78, 5) is 4.75. The maximum absolute atomic E-state index is 5.78. The van der Waals surface area contributed by atoms with Crippen molar-refractivity contribution in [1.82, 2.24) is 10.3 Å². The van der Waals surface area contributed by atoms with E-state index in [9.17, 15) is 0 Å². The highest BCUT2D eigenvalue weighted by molar-refractivity contribution is 7.17. The van der Waals surface area contributed by atoms with E-state index in [1.165, 1.54) is 21.0 Å². The van der Waals surface area contributed by atoms with Crippen molar-refractivity contribution in [3.05, 3.63) is 59.1 Å². The second kappa shape index (κ2) is 6.71. The van der Waals surface area contributed by atoms with Gasteiger partial charge in [-0.05, 0) is 55.1 Å². The lowest BCUT2D eigenvalue weighted by Crippen LogP contribution is -2.11. The van der Waals surface area contributed by atoms with Crippen LogP contribution in [0.5, 0.6) is 5.75 Å². The topological polar surface area (TPSA) is 34.1 Å². The van der Waals surface area contributed by atoms with Gasteiger partial charge in [-0.3, -0.25) is 4.98 Å². The Morgan fingerprint density at radius 3 is 2.62 bits per heavy atom. The van der Waals surface area contributed by atoms with E-state index >= 15 is 0 Å². The maximum atomic E-state index is 5.78. The van der Waals surface area contributed by atoms with Crippen LogP contribution in [-0.2, 0) is 0 Å². The molecular formula is C22H22N2OS. The van der Waals surface area contributed by atoms with Gasteiger partial charge in [0.2, 0.25) is 0 Å². The molecule has 0 aliphatic rings. The molecule has 4 rings (SSSR count). The molecule has 3 nitrogen and oxygen atoms in total. The van der Waals surface area contributed by atoms with Crippen LogP contribution in [-0.4, -0.2) is 19.1 Å². The predicted octanol–water partition coefficient (Wildman–Crippen LogP) is 5.71. The second-order valence-corrected chi connectivity index (χ2v) is 7.53. The van der Waals surface area contributed by atoms with Crippen LogP contribution in [0.15, 0.2) is 48.0 Å². The third-order valence-electron chi connectivity index (χ3n) is 5.08. The minimum Gasteiger partial charge on any atom is -0.496 e. The summed E-state index contributed by atoms with van der Waals surface area (Å²) in [6.45, 7) is 4.26. The summed E-state index contributed by atoms with van der Waals surface area (Å²) < 4.78 is 6.98. The zero-order chi connectivity index (χ0) is 18.3. The minimum absolute atomic E-state index is 0.325. The lowest BCUT2D eigenvalue weighted by Gasteiger charge is -2.16. The first-order valence-electron chi connectivity index (χ1n) is 8.75. The number of hydrogen-bond donors (Lipinski definition) is 1. The fraction of sp³-hybridized carbons (Fsp3) is 0.227. The molecule has 4 heteroatoms. The standard InChI is InChI=1S/C22H22N2OS/c1-13-11-18(25-4)20(16-7-5-15(6-8-16)14(2)23-3)21-17-9-10-26-19(17)12-24-22(13)21/h5-12,14,23H,1-4H3/t14-/m1/s1. The summed E-state index contributed by atoms with van der Waals surface area (Å²) in [6, 6.07) is 13.3. The fourth-order valence-electron chi connectivity index (χ4n) is 3.51. The SMILES string of the molecule is CN[C@H](C)c1ccc(-c2c(OC)cc(C)c3ncc4sccc4c23)cc1. The number of benzene rings is 2. The Labute approximate surface area is 157 Å². The summed E-state index contributed by atoms with van der Waals surface area (Å²) in [6.07, 6.45) is 1.98. The first-order valence-corrected chi connectivity index (χ1v) is 9.63. The molecule has 0 fully saturated rings. The monoisotopic (exact) mass is 362 g/mol. The molecule has 4 aromatic rings. The molecule has 2 aromatic heterocycles. The van der Waals surface area contributed by atoms with Crippen LogP contribution in [0.1, 0.15) is 24.1 Å². The molecule has 0 amide bonds. The first kappa shape index (κ1) is 17.0. The van der Waals surface area contributed by atoms with Gasteiger partial charge in [0.05, 0.1) is 17.3 Å². The summed E-state index contributed by atoms with van der Waals surface area (Å²) in [5, 5.41) is 7.83. The van der Waals surface area contributed by atoms with Gasteiger partial charge in [0.1, 0.15) is 5.75 Å². The van der Waals surface area contributed by atoms with E-state index in [4.69, 9.17) is 9.72 Å². The average molecular weight is 362 g/mol. The molecule has 0 radical (unpaired) electrons. The summed E-state index contributed by atoms with van der Waals surface area (Å²) in [5.41, 5.74) is 5.71. The molecule has 0 spiro atoms. The van der Waals surface area contributed by atoms with Crippen molar-refractivity contribution < 1.29 is 4.74 Å². The minimum atomic E-state index is 0.325. The van der Waals surface area contributed by atoms with E-state index in [1.807, 2.05) is 13.2 Å². The van der Waals surface area contributed by atoms with Crippen molar-refractivity contribution in [2.45, 2.75) is 19.9 Å². The van der Waals surface area contributed by atoms with Crippen molar-refractivity contribution in [2.24, 2.45) is 0 Å². The van der Waals surface area contributed by atoms with Crippen LogP contribution in [0.2, 0.25) is 0 Å². The third kappa shape index (κ3) is 2.66. The van der Waals surface area contributed by atoms with Crippen LogP contribution in [0.4, 0.5) is 0 Å². The van der Waals surface area contributed by atoms with Crippen LogP contribution < -0.4 is 10.1 Å². The lowest BCUT2D eigenvalue weighted by atomic mass is 9.94. The Bertz CT molecular complexity index is 1080. The average Bonchev–Trinajstić information content (AvgIpc) is 3.16. The number of ether oxygens (including phenoxy) is 1. The molecule has 1 atom stereocenters. The number of aromatic nitrogens is 1. The zero-order valence-corrected chi connectivity index (χ0v) is 16.3. The number of thiophene rings is 1. The highest BCUT2D eigenvalue weighted by atomic mass is 32.1. The van der Waals surface area contributed by atoms with Crippen LogP contribution in [0, 0.1) is 6.92 Å². The molecule has 0 saturated carbocycles. The molecule has 132 valence electrons. The van der Waals surface area contributed by atoms with Crippen LogP contribution in [0.3, 0.4) is 0 Å². The van der Waals surface area contributed by atoms with E-state index in [1.54, 1.807) is 18.4 Å². The summed E-state index contributed by atoms with van der Waals surface area (Å²) >= 11 is 1.72. The van der Waals surface area contributed by atoms with E-state index in [0.717, 1.165) is 28.0 Å². The molecule has 0 saturated heterocycles.